The van der Waals surface area contributed by atoms with Gasteiger partial charge in [0.2, 0.25) is 0 Å². The minimum Gasteiger partial charge on any atom is -0.482 e. The van der Waals surface area contributed by atoms with Crippen LogP contribution >= 0.6 is 15.9 Å². The molecule has 0 fully saturated rings. The molecule has 2 aromatic rings. The van der Waals surface area contributed by atoms with Crippen LogP contribution in [-0.4, -0.2) is 17.6 Å². The van der Waals surface area contributed by atoms with Crippen LogP contribution in [0.1, 0.15) is 17.2 Å². The van der Waals surface area contributed by atoms with Gasteiger partial charge in [0.1, 0.15) is 11.9 Å². The number of carbonyl (C=O) groups is 1. The predicted molar refractivity (Wildman–Crippen MR) is 78.8 cm³/mol. The molecule has 1 heterocycles. The van der Waals surface area contributed by atoms with Crippen molar-refractivity contribution in [1.29, 1.82) is 0 Å². The lowest BCUT2D eigenvalue weighted by atomic mass is 10.0. The zero-order valence-corrected chi connectivity index (χ0v) is 12.1. The molecule has 0 aromatic heterocycles. The van der Waals surface area contributed by atoms with Crippen LogP contribution in [0, 0.1) is 0 Å². The van der Waals surface area contributed by atoms with E-state index in [2.05, 4.69) is 21.2 Å². The summed E-state index contributed by atoms with van der Waals surface area (Å²) in [6.45, 7) is 0.0294. The van der Waals surface area contributed by atoms with Crippen LogP contribution in [0.25, 0.3) is 0 Å². The van der Waals surface area contributed by atoms with E-state index in [9.17, 15) is 9.90 Å². The van der Waals surface area contributed by atoms with Crippen molar-refractivity contribution in [3.8, 4) is 5.75 Å². The molecule has 0 aliphatic carbocycles. The van der Waals surface area contributed by atoms with Gasteiger partial charge in [-0.2, -0.15) is 0 Å². The molecule has 1 aliphatic rings. The molecule has 0 radical (unpaired) electrons. The number of fused-ring (bicyclic) bond motifs is 1. The molecule has 5 heteroatoms. The van der Waals surface area contributed by atoms with Gasteiger partial charge in [-0.15, -0.1) is 0 Å². The SMILES string of the molecule is O=C1COc2ccc(C(O)c3ccc(Br)cc3)cc2N1. The van der Waals surface area contributed by atoms with Crippen molar-refractivity contribution in [3.63, 3.8) is 0 Å². The third-order valence-electron chi connectivity index (χ3n) is 3.14. The first-order chi connectivity index (χ1) is 9.63. The highest BCUT2D eigenvalue weighted by Crippen LogP contribution is 2.32. The number of amides is 1. The van der Waals surface area contributed by atoms with E-state index in [1.165, 1.54) is 0 Å². The zero-order chi connectivity index (χ0) is 14.1. The Kier molecular flexibility index (Phi) is 3.46. The lowest BCUT2D eigenvalue weighted by molar-refractivity contribution is -0.118. The molecule has 1 atom stereocenters. The number of hydrogen-bond acceptors (Lipinski definition) is 3. The molecule has 20 heavy (non-hydrogen) atoms. The minimum absolute atomic E-state index is 0.0294. The number of benzene rings is 2. The first-order valence-electron chi connectivity index (χ1n) is 6.13. The van der Waals surface area contributed by atoms with Crippen molar-refractivity contribution < 1.29 is 14.6 Å². The number of ether oxygens (including phenoxy) is 1. The largest absolute Gasteiger partial charge is 0.482 e. The van der Waals surface area contributed by atoms with Crippen LogP contribution in [0.3, 0.4) is 0 Å². The van der Waals surface area contributed by atoms with Crippen molar-refractivity contribution in [3.05, 3.63) is 58.1 Å². The number of aliphatic hydroxyl groups excluding tert-OH is 1. The summed E-state index contributed by atoms with van der Waals surface area (Å²) in [7, 11) is 0. The number of nitrogens with one attached hydrogen (secondary N) is 1. The van der Waals surface area contributed by atoms with Crippen LogP contribution in [0.5, 0.6) is 5.75 Å². The van der Waals surface area contributed by atoms with Gasteiger partial charge in [0.05, 0.1) is 5.69 Å². The molecule has 3 rings (SSSR count). The van der Waals surface area contributed by atoms with Gasteiger partial charge < -0.3 is 15.2 Å². The molecule has 4 nitrogen and oxygen atoms in total. The highest BCUT2D eigenvalue weighted by atomic mass is 79.9. The zero-order valence-electron chi connectivity index (χ0n) is 10.5. The molecule has 1 aliphatic heterocycles. The maximum atomic E-state index is 11.3. The average molecular weight is 334 g/mol. The number of halogens is 1. The molecule has 2 aromatic carbocycles. The van der Waals surface area contributed by atoms with E-state index in [0.717, 1.165) is 10.0 Å². The van der Waals surface area contributed by atoms with Crippen LogP contribution < -0.4 is 10.1 Å². The second-order valence-electron chi connectivity index (χ2n) is 4.55. The summed E-state index contributed by atoms with van der Waals surface area (Å²) >= 11 is 3.36. The summed E-state index contributed by atoms with van der Waals surface area (Å²) in [5.74, 6) is 0.434. The Morgan fingerprint density at radius 2 is 1.85 bits per heavy atom. The molecule has 0 spiro atoms. The summed E-state index contributed by atoms with van der Waals surface area (Å²) in [4.78, 5) is 11.3. The summed E-state index contributed by atoms with van der Waals surface area (Å²) in [5, 5.41) is 13.1. The van der Waals surface area contributed by atoms with Crippen LogP contribution in [-0.2, 0) is 4.79 Å². The fourth-order valence-electron chi connectivity index (χ4n) is 2.11. The molecule has 0 saturated heterocycles. The summed E-state index contributed by atoms with van der Waals surface area (Å²) in [6, 6.07) is 12.7. The van der Waals surface area contributed by atoms with Crippen molar-refractivity contribution in [2.75, 3.05) is 11.9 Å². The van der Waals surface area contributed by atoms with Gasteiger partial charge in [0.25, 0.3) is 5.91 Å². The average Bonchev–Trinajstić information content (AvgIpc) is 2.46. The van der Waals surface area contributed by atoms with Gasteiger partial charge in [-0.1, -0.05) is 34.1 Å². The predicted octanol–water partition coefficient (Wildman–Crippen LogP) is 2.86. The third-order valence-corrected chi connectivity index (χ3v) is 3.67. The van der Waals surface area contributed by atoms with Gasteiger partial charge in [-0.05, 0) is 35.4 Å². The van der Waals surface area contributed by atoms with Crippen LogP contribution in [0.15, 0.2) is 46.9 Å². The highest BCUT2D eigenvalue weighted by molar-refractivity contribution is 9.10. The van der Waals surface area contributed by atoms with Crippen molar-refractivity contribution in [2.45, 2.75) is 6.10 Å². The second kappa shape index (κ2) is 5.26. The van der Waals surface area contributed by atoms with E-state index in [4.69, 9.17) is 4.74 Å². The van der Waals surface area contributed by atoms with E-state index in [1.54, 1.807) is 18.2 Å². The van der Waals surface area contributed by atoms with Gasteiger partial charge >= 0.3 is 0 Å². The van der Waals surface area contributed by atoms with Gasteiger partial charge in [0, 0.05) is 4.47 Å². The molecule has 0 saturated carbocycles. The first kappa shape index (κ1) is 13.1. The van der Waals surface area contributed by atoms with E-state index in [-0.39, 0.29) is 12.5 Å². The van der Waals surface area contributed by atoms with Crippen molar-refractivity contribution >= 4 is 27.5 Å². The van der Waals surface area contributed by atoms with Crippen molar-refractivity contribution in [2.24, 2.45) is 0 Å². The Morgan fingerprint density at radius 3 is 2.60 bits per heavy atom. The quantitative estimate of drug-likeness (QED) is 0.888. The summed E-state index contributed by atoms with van der Waals surface area (Å²) in [5.41, 5.74) is 2.09. The Morgan fingerprint density at radius 1 is 1.15 bits per heavy atom. The monoisotopic (exact) mass is 333 g/mol. The van der Waals surface area contributed by atoms with Gasteiger partial charge in [-0.25, -0.2) is 0 Å². The topological polar surface area (TPSA) is 58.6 Å². The number of hydrogen-bond donors (Lipinski definition) is 2. The molecule has 1 amide bonds. The maximum absolute atomic E-state index is 11.3. The van der Waals surface area contributed by atoms with E-state index in [0.29, 0.717) is 17.0 Å². The lowest BCUT2D eigenvalue weighted by Crippen LogP contribution is -2.25. The number of anilines is 1. The molecule has 1 unspecified atom stereocenters. The van der Waals surface area contributed by atoms with Crippen LogP contribution in [0.4, 0.5) is 5.69 Å². The maximum Gasteiger partial charge on any atom is 0.262 e. The Bertz CT molecular complexity index is 655. The van der Waals surface area contributed by atoms with Crippen LogP contribution in [0.2, 0.25) is 0 Å². The van der Waals surface area contributed by atoms with Crippen molar-refractivity contribution in [1.82, 2.24) is 0 Å². The first-order valence-corrected chi connectivity index (χ1v) is 6.93. The Hall–Kier alpha value is -1.85. The molecule has 0 bridgehead atoms. The number of carbonyl (C=O) groups excluding carboxylic acids is 1. The number of aliphatic hydroxyl groups is 1. The summed E-state index contributed by atoms with van der Waals surface area (Å²) in [6.07, 6.45) is -0.743. The molecular weight excluding hydrogens is 322 g/mol. The minimum atomic E-state index is -0.743. The van der Waals surface area contributed by atoms with E-state index >= 15 is 0 Å². The third kappa shape index (κ3) is 2.55. The Balaban J connectivity index is 1.92. The normalized spacial score (nSPS) is 15.0. The van der Waals surface area contributed by atoms with E-state index < -0.39 is 6.10 Å². The fourth-order valence-corrected chi connectivity index (χ4v) is 2.37. The fraction of sp³-hybridized carbons (Fsp3) is 0.133. The van der Waals surface area contributed by atoms with Gasteiger partial charge in [0.15, 0.2) is 6.61 Å². The van der Waals surface area contributed by atoms with Gasteiger partial charge in [-0.3, -0.25) is 4.79 Å². The lowest BCUT2D eigenvalue weighted by Gasteiger charge is -2.20. The Labute approximate surface area is 124 Å². The second-order valence-corrected chi connectivity index (χ2v) is 5.46. The number of rotatable bonds is 2. The highest BCUT2D eigenvalue weighted by Gasteiger charge is 2.18. The molecule has 102 valence electrons. The molecular formula is C15H12BrNO3. The molecule has 2 N–H and O–H groups in total. The standard InChI is InChI=1S/C15H12BrNO3/c16-11-4-1-9(2-5-11)15(19)10-3-6-13-12(7-10)17-14(18)8-20-13/h1-7,15,19H,8H2,(H,17,18). The smallest absolute Gasteiger partial charge is 0.262 e. The summed E-state index contributed by atoms with van der Waals surface area (Å²) < 4.78 is 6.25. The van der Waals surface area contributed by atoms with E-state index in [1.807, 2.05) is 24.3 Å².